The van der Waals surface area contributed by atoms with Crippen molar-refractivity contribution < 1.29 is 36.3 Å². The van der Waals surface area contributed by atoms with Gasteiger partial charge in [-0.1, -0.05) is 0 Å². The van der Waals surface area contributed by atoms with E-state index in [9.17, 15) is 26.8 Å². The second kappa shape index (κ2) is 7.58. The Kier molecular flexibility index (Phi) is 5.68. The summed E-state index contributed by atoms with van der Waals surface area (Å²) in [5.41, 5.74) is -0.880. The van der Waals surface area contributed by atoms with Crippen molar-refractivity contribution >= 4 is 21.8 Å². The maximum Gasteiger partial charge on any atom is 0.341 e. The van der Waals surface area contributed by atoms with Crippen LogP contribution in [0.25, 0.3) is 0 Å². The molecule has 2 aromatic carbocycles. The van der Waals surface area contributed by atoms with Gasteiger partial charge >= 0.3 is 5.97 Å². The van der Waals surface area contributed by atoms with E-state index in [1.165, 1.54) is 13.2 Å². The van der Waals surface area contributed by atoms with E-state index >= 15 is 0 Å². The van der Waals surface area contributed by atoms with Crippen LogP contribution in [0.3, 0.4) is 0 Å². The van der Waals surface area contributed by atoms with Crippen molar-refractivity contribution in [3.63, 3.8) is 0 Å². The first-order valence-electron chi connectivity index (χ1n) is 6.99. The lowest BCUT2D eigenvalue weighted by atomic mass is 10.1. The minimum atomic E-state index is -4.16. The smallest absolute Gasteiger partial charge is 0.341 e. The quantitative estimate of drug-likeness (QED) is 0.598. The van der Waals surface area contributed by atoms with Gasteiger partial charge in [0.05, 0.1) is 23.1 Å². The standard InChI is InChI=1S/C16H13F2NO6S/c1-24-15-5-2-9(17)6-12(15)14(20)8-25-16(21)11-7-10(26(19,22)23)3-4-13(11)18/h2-7H,8H2,1H3,(H2,19,22,23). The van der Waals surface area contributed by atoms with Crippen LogP contribution in [0.1, 0.15) is 20.7 Å². The second-order valence-corrected chi connectivity index (χ2v) is 6.59. The van der Waals surface area contributed by atoms with Crippen LogP contribution in [0, 0.1) is 11.6 Å². The monoisotopic (exact) mass is 385 g/mol. The molecule has 0 saturated heterocycles. The molecule has 10 heteroatoms. The molecule has 0 aliphatic heterocycles. The number of esters is 1. The number of nitrogens with two attached hydrogens (primary N) is 1. The zero-order valence-electron chi connectivity index (χ0n) is 13.4. The van der Waals surface area contributed by atoms with Crippen molar-refractivity contribution in [2.75, 3.05) is 13.7 Å². The minimum absolute atomic E-state index is 0.0647. The van der Waals surface area contributed by atoms with Gasteiger partial charge in [-0.25, -0.2) is 27.1 Å². The summed E-state index contributed by atoms with van der Waals surface area (Å²) in [7, 11) is -2.90. The van der Waals surface area contributed by atoms with E-state index in [1.807, 2.05) is 0 Å². The number of benzene rings is 2. The first kappa shape index (κ1) is 19.5. The lowest BCUT2D eigenvalue weighted by Gasteiger charge is -2.09. The van der Waals surface area contributed by atoms with Gasteiger partial charge in [0.1, 0.15) is 17.4 Å². The van der Waals surface area contributed by atoms with E-state index in [1.54, 1.807) is 0 Å². The third-order valence-corrected chi connectivity index (χ3v) is 4.19. The molecule has 2 N–H and O–H groups in total. The number of carbonyl (C=O) groups excluding carboxylic acids is 2. The van der Waals surface area contributed by atoms with Gasteiger partial charge in [-0.3, -0.25) is 4.79 Å². The van der Waals surface area contributed by atoms with Gasteiger partial charge < -0.3 is 9.47 Å². The molecule has 0 amide bonds. The third-order valence-electron chi connectivity index (χ3n) is 3.28. The van der Waals surface area contributed by atoms with Gasteiger partial charge in [0, 0.05) is 0 Å². The molecule has 0 heterocycles. The number of hydrogen-bond donors (Lipinski definition) is 1. The molecule has 0 saturated carbocycles. The van der Waals surface area contributed by atoms with Gasteiger partial charge in [0.2, 0.25) is 15.8 Å². The molecule has 0 spiro atoms. The molecule has 0 atom stereocenters. The maximum atomic E-state index is 13.7. The lowest BCUT2D eigenvalue weighted by Crippen LogP contribution is -2.18. The van der Waals surface area contributed by atoms with E-state index in [0.717, 1.165) is 24.3 Å². The summed E-state index contributed by atoms with van der Waals surface area (Å²) < 4.78 is 59.2. The largest absolute Gasteiger partial charge is 0.496 e. The highest BCUT2D eigenvalue weighted by molar-refractivity contribution is 7.89. The molecule has 7 nitrogen and oxygen atoms in total. The zero-order chi connectivity index (χ0) is 19.5. The summed E-state index contributed by atoms with van der Waals surface area (Å²) in [4.78, 5) is 23.5. The number of rotatable bonds is 6. The van der Waals surface area contributed by atoms with Crippen molar-refractivity contribution in [2.24, 2.45) is 5.14 Å². The molecule has 0 bridgehead atoms. The van der Waals surface area contributed by atoms with Crippen molar-refractivity contribution in [1.82, 2.24) is 0 Å². The first-order valence-corrected chi connectivity index (χ1v) is 8.54. The van der Waals surface area contributed by atoms with Crippen LogP contribution in [0.2, 0.25) is 0 Å². The van der Waals surface area contributed by atoms with Crippen LogP contribution >= 0.6 is 0 Å². The number of Topliss-reactive ketones (excluding diaryl/α,β-unsaturated/α-hetero) is 1. The predicted octanol–water partition coefficient (Wildman–Crippen LogP) is 1.66. The van der Waals surface area contributed by atoms with E-state index in [-0.39, 0.29) is 11.3 Å². The number of hydrogen-bond acceptors (Lipinski definition) is 6. The number of methoxy groups -OCH3 is 1. The van der Waals surface area contributed by atoms with E-state index < -0.39 is 50.5 Å². The maximum absolute atomic E-state index is 13.7. The Balaban J connectivity index is 2.19. The summed E-state index contributed by atoms with van der Waals surface area (Å²) >= 11 is 0. The van der Waals surface area contributed by atoms with Gasteiger partial charge in [0.25, 0.3) is 0 Å². The number of ether oxygens (including phenoxy) is 2. The lowest BCUT2D eigenvalue weighted by molar-refractivity contribution is 0.0469. The van der Waals surface area contributed by atoms with Crippen molar-refractivity contribution in [1.29, 1.82) is 0 Å². The number of halogens is 2. The van der Waals surface area contributed by atoms with Crippen LogP contribution < -0.4 is 9.88 Å². The molecule has 26 heavy (non-hydrogen) atoms. The molecule has 0 aromatic heterocycles. The molecular weight excluding hydrogens is 372 g/mol. The van der Waals surface area contributed by atoms with E-state index in [4.69, 9.17) is 14.6 Å². The average Bonchev–Trinajstić information content (AvgIpc) is 2.58. The van der Waals surface area contributed by atoms with Crippen LogP contribution in [0.4, 0.5) is 8.78 Å². The summed E-state index contributed by atoms with van der Waals surface area (Å²) in [6.45, 7) is -0.836. The summed E-state index contributed by atoms with van der Waals surface area (Å²) in [6, 6.07) is 5.50. The highest BCUT2D eigenvalue weighted by atomic mass is 32.2. The Morgan fingerprint density at radius 3 is 2.38 bits per heavy atom. The molecule has 0 aliphatic rings. The van der Waals surface area contributed by atoms with Crippen LogP contribution in [0.5, 0.6) is 5.75 Å². The molecule has 138 valence electrons. The van der Waals surface area contributed by atoms with Crippen molar-refractivity contribution in [3.05, 3.63) is 59.2 Å². The molecule has 0 aliphatic carbocycles. The Morgan fingerprint density at radius 2 is 1.77 bits per heavy atom. The highest BCUT2D eigenvalue weighted by Crippen LogP contribution is 2.20. The predicted molar refractivity (Wildman–Crippen MR) is 85.3 cm³/mol. The SMILES string of the molecule is COc1ccc(F)cc1C(=O)COC(=O)c1cc(S(N)(=O)=O)ccc1F. The fourth-order valence-corrected chi connectivity index (χ4v) is 2.56. The van der Waals surface area contributed by atoms with E-state index in [0.29, 0.717) is 6.07 Å². The van der Waals surface area contributed by atoms with Gasteiger partial charge in [-0.05, 0) is 36.4 Å². The topological polar surface area (TPSA) is 113 Å². The fourth-order valence-electron chi connectivity index (χ4n) is 2.02. The Bertz CT molecular complexity index is 975. The Morgan fingerprint density at radius 1 is 1.08 bits per heavy atom. The van der Waals surface area contributed by atoms with Gasteiger partial charge in [-0.15, -0.1) is 0 Å². The summed E-state index contributed by atoms with van der Waals surface area (Å²) in [6.07, 6.45) is 0. The minimum Gasteiger partial charge on any atom is -0.496 e. The molecule has 2 rings (SSSR count). The Hall–Kier alpha value is -2.85. The third kappa shape index (κ3) is 4.41. The molecular formula is C16H13F2NO6S. The number of ketones is 1. The van der Waals surface area contributed by atoms with Crippen molar-refractivity contribution in [3.8, 4) is 5.75 Å². The highest BCUT2D eigenvalue weighted by Gasteiger charge is 2.20. The normalized spacial score (nSPS) is 11.1. The Labute approximate surface area is 147 Å². The van der Waals surface area contributed by atoms with Crippen LogP contribution in [-0.2, 0) is 14.8 Å². The van der Waals surface area contributed by atoms with E-state index in [2.05, 4.69) is 0 Å². The average molecular weight is 385 g/mol. The van der Waals surface area contributed by atoms with Crippen molar-refractivity contribution in [2.45, 2.75) is 4.90 Å². The summed E-state index contributed by atoms with van der Waals surface area (Å²) in [5.74, 6) is -3.77. The molecule has 2 aromatic rings. The second-order valence-electron chi connectivity index (χ2n) is 5.03. The summed E-state index contributed by atoms with van der Waals surface area (Å²) in [5, 5.41) is 4.91. The van der Waals surface area contributed by atoms with Crippen LogP contribution in [0.15, 0.2) is 41.3 Å². The number of sulfonamides is 1. The van der Waals surface area contributed by atoms with Crippen LogP contribution in [-0.4, -0.2) is 33.9 Å². The van der Waals surface area contributed by atoms with Gasteiger partial charge in [-0.2, -0.15) is 0 Å². The number of carbonyl (C=O) groups is 2. The van der Waals surface area contributed by atoms with Gasteiger partial charge in [0.15, 0.2) is 6.61 Å². The molecule has 0 radical (unpaired) electrons. The fraction of sp³-hybridized carbons (Fsp3) is 0.125. The molecule has 0 fully saturated rings. The zero-order valence-corrected chi connectivity index (χ0v) is 14.2. The number of primary sulfonamides is 1. The molecule has 0 unspecified atom stereocenters. The first-order chi connectivity index (χ1) is 12.1.